The van der Waals surface area contributed by atoms with Gasteiger partial charge in [0.2, 0.25) is 0 Å². The van der Waals surface area contributed by atoms with Gasteiger partial charge in [-0.25, -0.2) is 9.97 Å². The summed E-state index contributed by atoms with van der Waals surface area (Å²) in [5, 5.41) is 9.66. The molecule has 2 heterocycles. The van der Waals surface area contributed by atoms with Gasteiger partial charge in [-0.2, -0.15) is 0 Å². The molecule has 1 N–H and O–H groups in total. The number of aliphatic carboxylic acids is 1. The normalized spacial score (nSPS) is 16.4. The summed E-state index contributed by atoms with van der Waals surface area (Å²) in [4.78, 5) is 19.8. The summed E-state index contributed by atoms with van der Waals surface area (Å²) < 4.78 is 2.11. The lowest BCUT2D eigenvalue weighted by molar-refractivity contribution is -0.133. The van der Waals surface area contributed by atoms with Gasteiger partial charge in [0.05, 0.1) is 5.75 Å². The Bertz CT molecular complexity index is 635. The maximum Gasteiger partial charge on any atom is 0.313 e. The Morgan fingerprint density at radius 1 is 1.38 bits per heavy atom. The third-order valence-electron chi connectivity index (χ3n) is 3.96. The van der Waals surface area contributed by atoms with Crippen molar-refractivity contribution in [1.82, 2.24) is 14.5 Å². The molecule has 1 aliphatic rings. The van der Waals surface area contributed by atoms with E-state index in [1.165, 1.54) is 43.9 Å². The molecule has 3 rings (SSSR count). The molecule has 5 nitrogen and oxygen atoms in total. The van der Waals surface area contributed by atoms with E-state index in [1.54, 1.807) is 6.20 Å². The highest BCUT2D eigenvalue weighted by Crippen LogP contribution is 2.29. The van der Waals surface area contributed by atoms with Gasteiger partial charge in [0.15, 0.2) is 10.8 Å². The standard InChI is InChI=1S/C15H19N3O2S/c19-13(20)10-21-15-17-12-7-4-8-16-14(12)18(15)9-11-5-2-1-3-6-11/h4,7-8,11H,1-3,5-6,9-10H2,(H,19,20). The van der Waals surface area contributed by atoms with Gasteiger partial charge < -0.3 is 9.67 Å². The van der Waals surface area contributed by atoms with Crippen LogP contribution in [0.2, 0.25) is 0 Å². The van der Waals surface area contributed by atoms with Crippen molar-refractivity contribution in [2.75, 3.05) is 5.75 Å². The fourth-order valence-electron chi connectivity index (χ4n) is 2.97. The molecule has 2 aromatic rings. The maximum absolute atomic E-state index is 10.8. The van der Waals surface area contributed by atoms with Crippen LogP contribution in [0.15, 0.2) is 23.5 Å². The average Bonchev–Trinajstić information content (AvgIpc) is 2.84. The van der Waals surface area contributed by atoms with E-state index in [9.17, 15) is 4.79 Å². The second-order valence-corrected chi connectivity index (χ2v) is 6.48. The molecule has 0 aromatic carbocycles. The molecule has 0 radical (unpaired) electrons. The van der Waals surface area contributed by atoms with E-state index in [-0.39, 0.29) is 5.75 Å². The monoisotopic (exact) mass is 305 g/mol. The summed E-state index contributed by atoms with van der Waals surface area (Å²) in [6, 6.07) is 3.80. The predicted octanol–water partition coefficient (Wildman–Crippen LogP) is 3.19. The number of aromatic nitrogens is 3. The number of carbonyl (C=O) groups is 1. The van der Waals surface area contributed by atoms with Crippen molar-refractivity contribution in [1.29, 1.82) is 0 Å². The zero-order valence-electron chi connectivity index (χ0n) is 11.9. The molecule has 1 saturated carbocycles. The molecule has 6 heteroatoms. The SMILES string of the molecule is O=C(O)CSc1nc2cccnc2n1CC1CCCCC1. The largest absolute Gasteiger partial charge is 0.481 e. The van der Waals surface area contributed by atoms with Gasteiger partial charge in [-0.3, -0.25) is 4.79 Å². The lowest BCUT2D eigenvalue weighted by Crippen LogP contribution is -2.15. The van der Waals surface area contributed by atoms with Gasteiger partial charge in [-0.15, -0.1) is 0 Å². The summed E-state index contributed by atoms with van der Waals surface area (Å²) in [6.07, 6.45) is 8.18. The van der Waals surface area contributed by atoms with Crippen LogP contribution < -0.4 is 0 Å². The molecule has 0 amide bonds. The van der Waals surface area contributed by atoms with Crippen LogP contribution in [0.25, 0.3) is 11.2 Å². The number of nitrogens with zero attached hydrogens (tertiary/aromatic N) is 3. The zero-order valence-corrected chi connectivity index (χ0v) is 12.7. The summed E-state index contributed by atoms with van der Waals surface area (Å²) in [6.45, 7) is 0.898. The number of thioether (sulfide) groups is 1. The Labute approximate surface area is 127 Å². The highest BCUT2D eigenvalue weighted by atomic mass is 32.2. The number of hydrogen-bond acceptors (Lipinski definition) is 4. The summed E-state index contributed by atoms with van der Waals surface area (Å²) >= 11 is 1.28. The van der Waals surface area contributed by atoms with E-state index in [1.807, 2.05) is 12.1 Å². The molecule has 0 bridgehead atoms. The first kappa shape index (κ1) is 14.4. The number of carboxylic acids is 1. The fraction of sp³-hybridized carbons (Fsp3) is 0.533. The van der Waals surface area contributed by atoms with E-state index in [2.05, 4.69) is 14.5 Å². The number of fused-ring (bicyclic) bond motifs is 1. The van der Waals surface area contributed by atoms with Gasteiger partial charge in [0.1, 0.15) is 5.52 Å². The number of hydrogen-bond donors (Lipinski definition) is 1. The topological polar surface area (TPSA) is 68.0 Å². The second kappa shape index (κ2) is 6.47. The minimum Gasteiger partial charge on any atom is -0.481 e. The first-order valence-electron chi connectivity index (χ1n) is 7.40. The third kappa shape index (κ3) is 3.37. The maximum atomic E-state index is 10.8. The highest BCUT2D eigenvalue weighted by Gasteiger charge is 2.19. The van der Waals surface area contributed by atoms with Gasteiger partial charge in [-0.05, 0) is 30.9 Å². The van der Waals surface area contributed by atoms with Crippen molar-refractivity contribution >= 4 is 28.9 Å². The predicted molar refractivity (Wildman–Crippen MR) is 82.5 cm³/mol. The smallest absolute Gasteiger partial charge is 0.313 e. The molecule has 1 fully saturated rings. The van der Waals surface area contributed by atoms with Crippen LogP contribution in [0.5, 0.6) is 0 Å². The van der Waals surface area contributed by atoms with Crippen molar-refractivity contribution in [3.8, 4) is 0 Å². The molecular formula is C15H19N3O2S. The molecular weight excluding hydrogens is 286 g/mol. The third-order valence-corrected chi connectivity index (χ3v) is 4.92. The molecule has 0 spiro atoms. The Hall–Kier alpha value is -1.56. The van der Waals surface area contributed by atoms with Crippen LogP contribution in [-0.2, 0) is 11.3 Å². The van der Waals surface area contributed by atoms with E-state index in [0.717, 1.165) is 22.9 Å². The average molecular weight is 305 g/mol. The summed E-state index contributed by atoms with van der Waals surface area (Å²) in [5.41, 5.74) is 1.72. The lowest BCUT2D eigenvalue weighted by atomic mass is 9.89. The van der Waals surface area contributed by atoms with Gasteiger partial charge in [0.25, 0.3) is 0 Å². The van der Waals surface area contributed by atoms with Gasteiger partial charge >= 0.3 is 5.97 Å². The molecule has 1 aliphatic carbocycles. The van der Waals surface area contributed by atoms with Crippen molar-refractivity contribution in [3.05, 3.63) is 18.3 Å². The Morgan fingerprint density at radius 3 is 2.95 bits per heavy atom. The summed E-state index contributed by atoms with van der Waals surface area (Å²) in [7, 11) is 0. The lowest BCUT2D eigenvalue weighted by Gasteiger charge is -2.22. The molecule has 2 aromatic heterocycles. The molecule has 0 atom stereocenters. The Kier molecular flexibility index (Phi) is 4.43. The van der Waals surface area contributed by atoms with E-state index in [4.69, 9.17) is 5.11 Å². The van der Waals surface area contributed by atoms with Gasteiger partial charge in [-0.1, -0.05) is 31.0 Å². The van der Waals surface area contributed by atoms with Crippen LogP contribution in [-0.4, -0.2) is 31.4 Å². The highest BCUT2D eigenvalue weighted by molar-refractivity contribution is 7.99. The van der Waals surface area contributed by atoms with Crippen LogP contribution in [0, 0.1) is 5.92 Å². The number of carboxylic acid groups (broad SMARTS) is 1. The molecule has 0 saturated heterocycles. The van der Waals surface area contributed by atoms with Crippen molar-refractivity contribution in [2.45, 2.75) is 43.8 Å². The van der Waals surface area contributed by atoms with Crippen LogP contribution in [0.3, 0.4) is 0 Å². The Morgan fingerprint density at radius 2 is 2.19 bits per heavy atom. The second-order valence-electron chi connectivity index (χ2n) is 5.54. The zero-order chi connectivity index (χ0) is 14.7. The van der Waals surface area contributed by atoms with Crippen molar-refractivity contribution in [2.24, 2.45) is 5.92 Å². The van der Waals surface area contributed by atoms with Crippen LogP contribution >= 0.6 is 11.8 Å². The molecule has 0 unspecified atom stereocenters. The molecule has 21 heavy (non-hydrogen) atoms. The van der Waals surface area contributed by atoms with Crippen LogP contribution in [0.4, 0.5) is 0 Å². The van der Waals surface area contributed by atoms with E-state index in [0.29, 0.717) is 5.92 Å². The molecule has 112 valence electrons. The minimum atomic E-state index is -0.816. The fourth-order valence-corrected chi connectivity index (χ4v) is 3.70. The first-order chi connectivity index (χ1) is 10.2. The first-order valence-corrected chi connectivity index (χ1v) is 8.38. The Balaban J connectivity index is 1.88. The van der Waals surface area contributed by atoms with Crippen LogP contribution in [0.1, 0.15) is 32.1 Å². The van der Waals surface area contributed by atoms with Crippen molar-refractivity contribution in [3.63, 3.8) is 0 Å². The number of rotatable bonds is 5. The number of imidazole rings is 1. The number of pyridine rings is 1. The van der Waals surface area contributed by atoms with Crippen molar-refractivity contribution < 1.29 is 9.90 Å². The quantitative estimate of drug-likeness (QED) is 0.859. The van der Waals surface area contributed by atoms with Gasteiger partial charge in [0, 0.05) is 12.7 Å². The van der Waals surface area contributed by atoms with E-state index < -0.39 is 5.97 Å². The summed E-state index contributed by atoms with van der Waals surface area (Å²) in [5.74, 6) is -0.125. The van der Waals surface area contributed by atoms with E-state index >= 15 is 0 Å². The minimum absolute atomic E-state index is 0.0357. The molecule has 0 aliphatic heterocycles.